The van der Waals surface area contributed by atoms with Gasteiger partial charge in [-0.05, 0) is 43.4 Å². The number of benzene rings is 1. The van der Waals surface area contributed by atoms with E-state index < -0.39 is 0 Å². The van der Waals surface area contributed by atoms with E-state index in [2.05, 4.69) is 17.4 Å². The van der Waals surface area contributed by atoms with Gasteiger partial charge in [0, 0.05) is 17.1 Å². The Hall–Kier alpha value is -0.570. The summed E-state index contributed by atoms with van der Waals surface area (Å²) in [6.07, 6.45) is 2.55. The van der Waals surface area contributed by atoms with Crippen LogP contribution < -0.4 is 5.32 Å². The van der Waals surface area contributed by atoms with Gasteiger partial charge in [-0.1, -0.05) is 23.7 Å². The molecule has 1 aliphatic carbocycles. The van der Waals surface area contributed by atoms with Crippen LogP contribution in [0, 0.1) is 5.92 Å². The fourth-order valence-corrected chi connectivity index (χ4v) is 2.09. The summed E-state index contributed by atoms with van der Waals surface area (Å²) in [6.45, 7) is 2.18. The van der Waals surface area contributed by atoms with Crippen molar-refractivity contribution in [1.29, 1.82) is 0 Å². The first kappa shape index (κ1) is 11.9. The number of aliphatic hydroxyl groups is 1. The molecular weight excluding hydrogens is 222 g/mol. The van der Waals surface area contributed by atoms with Crippen LogP contribution >= 0.6 is 11.6 Å². The van der Waals surface area contributed by atoms with Crippen LogP contribution in [-0.2, 0) is 0 Å². The molecule has 1 unspecified atom stereocenters. The quantitative estimate of drug-likeness (QED) is 0.828. The number of halogens is 1. The summed E-state index contributed by atoms with van der Waals surface area (Å²) < 4.78 is 0. The normalized spacial score (nSPS) is 19.4. The summed E-state index contributed by atoms with van der Waals surface area (Å²) in [5.41, 5.74) is 1.27. The molecule has 3 heteroatoms. The molecule has 0 aromatic heterocycles. The smallest absolute Gasteiger partial charge is 0.0582 e. The molecule has 2 N–H and O–H groups in total. The number of nitrogens with one attached hydrogen (secondary N) is 1. The highest BCUT2D eigenvalue weighted by atomic mass is 35.5. The second-order valence-electron chi connectivity index (χ2n) is 4.62. The van der Waals surface area contributed by atoms with Crippen LogP contribution in [0.2, 0.25) is 5.02 Å². The van der Waals surface area contributed by atoms with Crippen molar-refractivity contribution < 1.29 is 5.11 Å². The second kappa shape index (κ2) is 5.17. The molecule has 1 aliphatic rings. The van der Waals surface area contributed by atoms with Gasteiger partial charge in [0.2, 0.25) is 0 Å². The van der Waals surface area contributed by atoms with Gasteiger partial charge in [-0.15, -0.1) is 0 Å². The third-order valence-corrected chi connectivity index (χ3v) is 3.31. The van der Waals surface area contributed by atoms with E-state index in [1.807, 2.05) is 19.1 Å². The van der Waals surface area contributed by atoms with Crippen LogP contribution in [0.25, 0.3) is 0 Å². The Morgan fingerprint density at radius 3 is 2.50 bits per heavy atom. The molecule has 1 aromatic carbocycles. The largest absolute Gasteiger partial charge is 0.395 e. The topological polar surface area (TPSA) is 32.3 Å². The molecule has 0 aliphatic heterocycles. The zero-order valence-corrected chi connectivity index (χ0v) is 10.2. The van der Waals surface area contributed by atoms with Crippen molar-refractivity contribution in [1.82, 2.24) is 5.32 Å². The standard InChI is InChI=1S/C13H18ClNO/c1-9(8-16)15-13(10-2-3-10)11-4-6-12(14)7-5-11/h4-7,9-10,13,15-16H,2-3,8H2,1H3/t9-,13?/m1/s1. The van der Waals surface area contributed by atoms with E-state index in [4.69, 9.17) is 16.7 Å². The van der Waals surface area contributed by atoms with Gasteiger partial charge in [0.25, 0.3) is 0 Å². The van der Waals surface area contributed by atoms with Crippen LogP contribution in [0.4, 0.5) is 0 Å². The van der Waals surface area contributed by atoms with E-state index >= 15 is 0 Å². The fraction of sp³-hybridized carbons (Fsp3) is 0.538. The highest BCUT2D eigenvalue weighted by Crippen LogP contribution is 2.41. The monoisotopic (exact) mass is 239 g/mol. The Morgan fingerprint density at radius 2 is 2.00 bits per heavy atom. The third kappa shape index (κ3) is 2.97. The minimum Gasteiger partial charge on any atom is -0.395 e. The minimum atomic E-state index is 0.140. The molecule has 0 spiro atoms. The van der Waals surface area contributed by atoms with E-state index in [1.165, 1.54) is 18.4 Å². The summed E-state index contributed by atoms with van der Waals surface area (Å²) in [5.74, 6) is 0.718. The van der Waals surface area contributed by atoms with E-state index in [0.29, 0.717) is 6.04 Å². The van der Waals surface area contributed by atoms with Gasteiger partial charge < -0.3 is 10.4 Å². The zero-order valence-electron chi connectivity index (χ0n) is 9.49. The molecule has 2 nitrogen and oxygen atoms in total. The summed E-state index contributed by atoms with van der Waals surface area (Å²) in [7, 11) is 0. The van der Waals surface area contributed by atoms with Crippen LogP contribution in [0.1, 0.15) is 31.4 Å². The minimum absolute atomic E-state index is 0.140. The molecule has 0 bridgehead atoms. The Morgan fingerprint density at radius 1 is 1.38 bits per heavy atom. The first-order valence-corrected chi connectivity index (χ1v) is 6.21. The molecule has 2 atom stereocenters. The molecular formula is C13H18ClNO. The average molecular weight is 240 g/mol. The molecule has 1 saturated carbocycles. The van der Waals surface area contributed by atoms with Crippen molar-refractivity contribution in [2.45, 2.75) is 31.8 Å². The maximum atomic E-state index is 9.09. The van der Waals surface area contributed by atoms with Gasteiger partial charge in [0.05, 0.1) is 6.61 Å². The van der Waals surface area contributed by atoms with Crippen molar-refractivity contribution in [2.75, 3.05) is 6.61 Å². The summed E-state index contributed by atoms with van der Waals surface area (Å²) in [6, 6.07) is 8.50. The fourth-order valence-electron chi connectivity index (χ4n) is 1.96. The summed E-state index contributed by atoms with van der Waals surface area (Å²) in [4.78, 5) is 0. The SMILES string of the molecule is C[C@H](CO)NC(c1ccc(Cl)cc1)C1CC1. The van der Waals surface area contributed by atoms with E-state index in [1.54, 1.807) is 0 Å². The highest BCUT2D eigenvalue weighted by Gasteiger charge is 2.32. The second-order valence-corrected chi connectivity index (χ2v) is 5.05. The first-order chi connectivity index (χ1) is 7.70. The van der Waals surface area contributed by atoms with Gasteiger partial charge in [-0.25, -0.2) is 0 Å². The number of rotatable bonds is 5. The lowest BCUT2D eigenvalue weighted by molar-refractivity contribution is 0.236. The van der Waals surface area contributed by atoms with E-state index in [-0.39, 0.29) is 12.6 Å². The van der Waals surface area contributed by atoms with Crippen molar-refractivity contribution in [3.05, 3.63) is 34.9 Å². The van der Waals surface area contributed by atoms with Crippen molar-refractivity contribution in [3.8, 4) is 0 Å². The predicted molar refractivity (Wildman–Crippen MR) is 66.6 cm³/mol. The van der Waals surface area contributed by atoms with E-state index in [0.717, 1.165) is 10.9 Å². The molecule has 16 heavy (non-hydrogen) atoms. The molecule has 88 valence electrons. The Kier molecular flexibility index (Phi) is 3.85. The van der Waals surface area contributed by atoms with Crippen molar-refractivity contribution in [3.63, 3.8) is 0 Å². The Bertz CT molecular complexity index is 334. The lowest BCUT2D eigenvalue weighted by Gasteiger charge is -2.22. The highest BCUT2D eigenvalue weighted by molar-refractivity contribution is 6.30. The lowest BCUT2D eigenvalue weighted by Crippen LogP contribution is -2.34. The Balaban J connectivity index is 2.09. The number of hydrogen-bond donors (Lipinski definition) is 2. The maximum Gasteiger partial charge on any atom is 0.0582 e. The van der Waals surface area contributed by atoms with Crippen LogP contribution in [-0.4, -0.2) is 17.8 Å². The van der Waals surface area contributed by atoms with Gasteiger partial charge >= 0.3 is 0 Å². The van der Waals surface area contributed by atoms with E-state index in [9.17, 15) is 0 Å². The van der Waals surface area contributed by atoms with Crippen molar-refractivity contribution in [2.24, 2.45) is 5.92 Å². The number of aliphatic hydroxyl groups excluding tert-OH is 1. The maximum absolute atomic E-state index is 9.09. The van der Waals surface area contributed by atoms with Crippen molar-refractivity contribution >= 4 is 11.6 Å². The molecule has 0 heterocycles. The molecule has 1 fully saturated rings. The zero-order chi connectivity index (χ0) is 11.5. The van der Waals surface area contributed by atoms with Gasteiger partial charge in [0.15, 0.2) is 0 Å². The van der Waals surface area contributed by atoms with Gasteiger partial charge in [0.1, 0.15) is 0 Å². The molecule has 2 rings (SSSR count). The van der Waals surface area contributed by atoms with Gasteiger partial charge in [-0.3, -0.25) is 0 Å². The van der Waals surface area contributed by atoms with Crippen LogP contribution in [0.5, 0.6) is 0 Å². The molecule has 1 aromatic rings. The molecule has 0 amide bonds. The molecule has 0 radical (unpaired) electrons. The first-order valence-electron chi connectivity index (χ1n) is 5.83. The Labute approximate surface area is 102 Å². The van der Waals surface area contributed by atoms with Crippen LogP contribution in [0.3, 0.4) is 0 Å². The average Bonchev–Trinajstić information content (AvgIpc) is 3.11. The number of hydrogen-bond acceptors (Lipinski definition) is 2. The van der Waals surface area contributed by atoms with Gasteiger partial charge in [-0.2, -0.15) is 0 Å². The van der Waals surface area contributed by atoms with Crippen LogP contribution in [0.15, 0.2) is 24.3 Å². The molecule has 0 saturated heterocycles. The summed E-state index contributed by atoms with van der Waals surface area (Å²) >= 11 is 5.88. The summed E-state index contributed by atoms with van der Waals surface area (Å²) in [5, 5.41) is 13.3. The third-order valence-electron chi connectivity index (χ3n) is 3.06. The lowest BCUT2D eigenvalue weighted by atomic mass is 10.0. The predicted octanol–water partition coefficient (Wildman–Crippen LogP) is 2.76.